The number of piperidine rings is 1. The highest BCUT2D eigenvalue weighted by Crippen LogP contribution is 2.11. The van der Waals surface area contributed by atoms with E-state index in [1.807, 2.05) is 32.0 Å². The topological polar surface area (TPSA) is 61.4 Å². The number of likely N-dealkylation sites (tertiary alicyclic amines) is 1. The van der Waals surface area contributed by atoms with Crippen LogP contribution in [0.4, 0.5) is 0 Å². The summed E-state index contributed by atoms with van der Waals surface area (Å²) >= 11 is 0. The molecular weight excluding hydrogens is 302 g/mol. The lowest BCUT2D eigenvalue weighted by molar-refractivity contribution is -0.121. The van der Waals surface area contributed by atoms with E-state index in [-0.39, 0.29) is 24.4 Å². The van der Waals surface area contributed by atoms with Gasteiger partial charge in [-0.15, -0.1) is 0 Å². The van der Waals surface area contributed by atoms with Crippen LogP contribution in [0.3, 0.4) is 0 Å². The third kappa shape index (κ3) is 5.64. The SMILES string of the molecule is CCCN1CCC(NC(=O)CNC(=O)c2cc(C)cc(C)c2)CC1. The van der Waals surface area contributed by atoms with E-state index in [2.05, 4.69) is 22.5 Å². The van der Waals surface area contributed by atoms with Crippen LogP contribution in [0.5, 0.6) is 0 Å². The lowest BCUT2D eigenvalue weighted by Gasteiger charge is -2.32. The Hall–Kier alpha value is -1.88. The van der Waals surface area contributed by atoms with Crippen molar-refractivity contribution in [3.05, 3.63) is 34.9 Å². The zero-order valence-electron chi connectivity index (χ0n) is 15.0. The summed E-state index contributed by atoms with van der Waals surface area (Å²) in [6, 6.07) is 5.92. The average molecular weight is 331 g/mol. The molecule has 1 heterocycles. The highest BCUT2D eigenvalue weighted by Gasteiger charge is 2.20. The molecule has 0 atom stereocenters. The van der Waals surface area contributed by atoms with Crippen LogP contribution in [-0.4, -0.2) is 48.9 Å². The third-order valence-electron chi connectivity index (χ3n) is 4.39. The predicted octanol–water partition coefficient (Wildman–Crippen LogP) is 2.02. The molecule has 5 heteroatoms. The summed E-state index contributed by atoms with van der Waals surface area (Å²) in [5.41, 5.74) is 2.69. The number of carbonyl (C=O) groups excluding carboxylic acids is 2. The van der Waals surface area contributed by atoms with E-state index in [1.165, 1.54) is 6.42 Å². The van der Waals surface area contributed by atoms with Crippen molar-refractivity contribution in [2.75, 3.05) is 26.2 Å². The number of nitrogens with one attached hydrogen (secondary N) is 2. The fourth-order valence-electron chi connectivity index (χ4n) is 3.26. The molecular formula is C19H29N3O2. The van der Waals surface area contributed by atoms with Crippen molar-refractivity contribution in [2.24, 2.45) is 0 Å². The minimum atomic E-state index is -0.199. The fraction of sp³-hybridized carbons (Fsp3) is 0.579. The minimum absolute atomic E-state index is 0.0288. The zero-order chi connectivity index (χ0) is 17.5. The van der Waals surface area contributed by atoms with Crippen LogP contribution >= 0.6 is 0 Å². The Morgan fingerprint density at radius 3 is 2.33 bits per heavy atom. The standard InChI is InChI=1S/C19H29N3O2/c1-4-7-22-8-5-17(6-9-22)21-18(23)13-20-19(24)16-11-14(2)10-15(3)12-16/h10-12,17H,4-9,13H2,1-3H3,(H,20,24)(H,21,23). The number of aryl methyl sites for hydroxylation is 2. The maximum absolute atomic E-state index is 12.2. The van der Waals surface area contributed by atoms with Gasteiger partial charge in [-0.3, -0.25) is 9.59 Å². The number of hydrogen-bond donors (Lipinski definition) is 2. The first kappa shape index (κ1) is 18.5. The molecule has 1 aliphatic heterocycles. The van der Waals surface area contributed by atoms with Gasteiger partial charge >= 0.3 is 0 Å². The minimum Gasteiger partial charge on any atom is -0.352 e. The van der Waals surface area contributed by atoms with E-state index in [1.54, 1.807) is 0 Å². The van der Waals surface area contributed by atoms with Crippen molar-refractivity contribution in [1.82, 2.24) is 15.5 Å². The molecule has 1 saturated heterocycles. The Kier molecular flexibility index (Phi) is 6.79. The van der Waals surface area contributed by atoms with Crippen LogP contribution in [0, 0.1) is 13.8 Å². The molecule has 2 amide bonds. The molecule has 0 radical (unpaired) electrons. The molecule has 2 N–H and O–H groups in total. The smallest absolute Gasteiger partial charge is 0.251 e. The van der Waals surface area contributed by atoms with Gasteiger partial charge in [0, 0.05) is 24.7 Å². The van der Waals surface area contributed by atoms with E-state index in [0.717, 1.165) is 43.6 Å². The molecule has 0 bridgehead atoms. The Bertz CT molecular complexity index is 558. The maximum atomic E-state index is 12.2. The maximum Gasteiger partial charge on any atom is 0.251 e. The quantitative estimate of drug-likeness (QED) is 0.838. The summed E-state index contributed by atoms with van der Waals surface area (Å²) in [7, 11) is 0. The van der Waals surface area contributed by atoms with Crippen molar-refractivity contribution in [3.63, 3.8) is 0 Å². The Morgan fingerprint density at radius 2 is 1.75 bits per heavy atom. The molecule has 1 aliphatic rings. The van der Waals surface area contributed by atoms with Crippen molar-refractivity contribution < 1.29 is 9.59 Å². The molecule has 0 aromatic heterocycles. The summed E-state index contributed by atoms with van der Waals surface area (Å²) in [5, 5.41) is 5.74. The Balaban J connectivity index is 1.74. The monoisotopic (exact) mass is 331 g/mol. The summed E-state index contributed by atoms with van der Waals surface area (Å²) in [5.74, 6) is -0.309. The summed E-state index contributed by atoms with van der Waals surface area (Å²) in [6.45, 7) is 9.34. The second-order valence-electron chi connectivity index (χ2n) is 6.74. The van der Waals surface area contributed by atoms with Crippen molar-refractivity contribution >= 4 is 11.8 Å². The van der Waals surface area contributed by atoms with E-state index < -0.39 is 0 Å². The molecule has 132 valence electrons. The summed E-state index contributed by atoms with van der Waals surface area (Å²) in [4.78, 5) is 26.6. The van der Waals surface area contributed by atoms with E-state index in [4.69, 9.17) is 0 Å². The first-order chi connectivity index (χ1) is 11.5. The highest BCUT2D eigenvalue weighted by molar-refractivity contribution is 5.96. The number of amides is 2. The van der Waals surface area contributed by atoms with Crippen LogP contribution in [0.25, 0.3) is 0 Å². The van der Waals surface area contributed by atoms with Gasteiger partial charge < -0.3 is 15.5 Å². The van der Waals surface area contributed by atoms with Crippen LogP contribution in [-0.2, 0) is 4.79 Å². The van der Waals surface area contributed by atoms with Crippen LogP contribution in [0.2, 0.25) is 0 Å². The lowest BCUT2D eigenvalue weighted by atomic mass is 10.0. The van der Waals surface area contributed by atoms with Gasteiger partial charge in [-0.25, -0.2) is 0 Å². The highest BCUT2D eigenvalue weighted by atomic mass is 16.2. The van der Waals surface area contributed by atoms with Gasteiger partial charge in [0.1, 0.15) is 0 Å². The van der Waals surface area contributed by atoms with Gasteiger partial charge in [0.05, 0.1) is 6.54 Å². The van der Waals surface area contributed by atoms with Crippen LogP contribution < -0.4 is 10.6 Å². The molecule has 1 aromatic rings. The van der Waals surface area contributed by atoms with E-state index in [9.17, 15) is 9.59 Å². The van der Waals surface area contributed by atoms with Gasteiger partial charge in [0.2, 0.25) is 5.91 Å². The lowest BCUT2D eigenvalue weighted by Crippen LogP contribution is -2.47. The molecule has 0 saturated carbocycles. The van der Waals surface area contributed by atoms with Crippen LogP contribution in [0.15, 0.2) is 18.2 Å². The molecule has 2 rings (SSSR count). The first-order valence-corrected chi connectivity index (χ1v) is 8.86. The first-order valence-electron chi connectivity index (χ1n) is 8.86. The number of hydrogen-bond acceptors (Lipinski definition) is 3. The largest absolute Gasteiger partial charge is 0.352 e. The molecule has 5 nitrogen and oxygen atoms in total. The van der Waals surface area contributed by atoms with Crippen molar-refractivity contribution in [2.45, 2.75) is 46.1 Å². The fourth-order valence-corrected chi connectivity index (χ4v) is 3.26. The van der Waals surface area contributed by atoms with Gasteiger partial charge in [-0.05, 0) is 51.8 Å². The number of benzene rings is 1. The zero-order valence-corrected chi connectivity index (χ0v) is 15.0. The molecule has 0 aliphatic carbocycles. The van der Waals surface area contributed by atoms with Crippen LogP contribution in [0.1, 0.15) is 47.7 Å². The Morgan fingerprint density at radius 1 is 1.12 bits per heavy atom. The second kappa shape index (κ2) is 8.83. The second-order valence-corrected chi connectivity index (χ2v) is 6.74. The van der Waals surface area contributed by atoms with Crippen molar-refractivity contribution in [3.8, 4) is 0 Å². The molecule has 1 fully saturated rings. The average Bonchev–Trinajstić information content (AvgIpc) is 2.54. The van der Waals surface area contributed by atoms with E-state index >= 15 is 0 Å². The van der Waals surface area contributed by atoms with Crippen molar-refractivity contribution in [1.29, 1.82) is 0 Å². The molecule has 0 unspecified atom stereocenters. The molecule has 1 aromatic carbocycles. The number of rotatable bonds is 6. The predicted molar refractivity (Wildman–Crippen MR) is 96.1 cm³/mol. The summed E-state index contributed by atoms with van der Waals surface area (Å²) < 4.78 is 0. The number of carbonyl (C=O) groups is 2. The number of nitrogens with zero attached hydrogens (tertiary/aromatic N) is 1. The third-order valence-corrected chi connectivity index (χ3v) is 4.39. The van der Waals surface area contributed by atoms with Gasteiger partial charge in [-0.1, -0.05) is 24.1 Å². The van der Waals surface area contributed by atoms with Gasteiger partial charge in [-0.2, -0.15) is 0 Å². The van der Waals surface area contributed by atoms with E-state index in [0.29, 0.717) is 5.56 Å². The molecule has 24 heavy (non-hydrogen) atoms. The Labute approximate surface area is 144 Å². The van der Waals surface area contributed by atoms with Gasteiger partial charge in [0.15, 0.2) is 0 Å². The van der Waals surface area contributed by atoms with Gasteiger partial charge in [0.25, 0.3) is 5.91 Å². The normalized spacial score (nSPS) is 16.0. The summed E-state index contributed by atoms with van der Waals surface area (Å²) in [6.07, 6.45) is 3.13. The molecule has 0 spiro atoms.